The highest BCUT2D eigenvalue weighted by Crippen LogP contribution is 2.42. The average molecular weight is 770 g/mol. The van der Waals surface area contributed by atoms with E-state index in [2.05, 4.69) is 10.6 Å². The molecule has 2 aliphatic rings. The van der Waals surface area contributed by atoms with Crippen LogP contribution in [0.15, 0.2) is 106 Å². The number of hydrogen-bond donors (Lipinski definition) is 3. The summed E-state index contributed by atoms with van der Waals surface area (Å²) in [7, 11) is 1.56. The molecule has 1 aliphatic carbocycles. The minimum absolute atomic E-state index is 0.0310. The predicted octanol–water partition coefficient (Wildman–Crippen LogP) is 7.57. The van der Waals surface area contributed by atoms with Crippen LogP contribution in [0.3, 0.4) is 0 Å². The van der Waals surface area contributed by atoms with Crippen molar-refractivity contribution in [2.75, 3.05) is 20.2 Å². The second-order valence-corrected chi connectivity index (χ2v) is 13.8. The lowest BCUT2D eigenvalue weighted by molar-refractivity contribution is -0.120. The molecule has 56 heavy (non-hydrogen) atoms. The van der Waals surface area contributed by atoms with Crippen molar-refractivity contribution in [2.45, 2.75) is 26.2 Å². The van der Waals surface area contributed by atoms with Gasteiger partial charge in [0.25, 0.3) is 11.8 Å². The first-order valence-electron chi connectivity index (χ1n) is 17.9. The molecule has 5 aromatic rings. The van der Waals surface area contributed by atoms with Gasteiger partial charge in [-0.1, -0.05) is 17.7 Å². The summed E-state index contributed by atoms with van der Waals surface area (Å²) in [5.74, 6) is 0.0450. The van der Waals surface area contributed by atoms with Crippen molar-refractivity contribution in [1.82, 2.24) is 15.2 Å². The number of aromatic nitrogens is 1. The zero-order chi connectivity index (χ0) is 39.5. The quantitative estimate of drug-likeness (QED) is 0.0653. The second kappa shape index (κ2) is 15.9. The molecule has 0 radical (unpaired) electrons. The molecule has 282 valence electrons. The largest absolute Gasteiger partial charge is 0.508 e. The number of fused-ring (bicyclic) bond motifs is 3. The number of phenols is 1. The molecule has 0 bridgehead atoms. The van der Waals surface area contributed by atoms with Crippen molar-refractivity contribution in [3.63, 3.8) is 0 Å². The molecular formula is C44H36ClN3O8. The summed E-state index contributed by atoms with van der Waals surface area (Å²) >= 11 is 6.04. The van der Waals surface area contributed by atoms with E-state index < -0.39 is 0 Å². The Labute approximate surface area is 325 Å². The van der Waals surface area contributed by atoms with E-state index in [9.17, 15) is 29.1 Å². The first-order chi connectivity index (χ1) is 27.1. The molecule has 11 nitrogen and oxygen atoms in total. The summed E-state index contributed by atoms with van der Waals surface area (Å²) in [6, 6.07) is 25.8. The van der Waals surface area contributed by atoms with Gasteiger partial charge in [0, 0.05) is 74.5 Å². The SMILES string of the molecule is COc1ccc2c(c1)c(CC(=O)NCCCCNC(=O)c1ccc(C=O)c(-c3c4ccc(=O)cc-4oc4cc(O)ccc34)c1)c(C)n2C(=O)c1ccc(Cl)cc1. The highest BCUT2D eigenvalue weighted by molar-refractivity contribution is 6.30. The zero-order valence-corrected chi connectivity index (χ0v) is 31.2. The van der Waals surface area contributed by atoms with Crippen LogP contribution in [0.5, 0.6) is 11.5 Å². The van der Waals surface area contributed by atoms with Crippen LogP contribution < -0.4 is 20.8 Å². The number of amides is 2. The maximum absolute atomic E-state index is 13.6. The Bertz CT molecular complexity index is 2700. The number of carbonyl (C=O) groups is 4. The van der Waals surface area contributed by atoms with Crippen LogP contribution in [-0.2, 0) is 11.2 Å². The Morgan fingerprint density at radius 3 is 2.34 bits per heavy atom. The van der Waals surface area contributed by atoms with Gasteiger partial charge in [-0.3, -0.25) is 28.5 Å². The predicted molar refractivity (Wildman–Crippen MR) is 214 cm³/mol. The molecule has 1 aliphatic heterocycles. The summed E-state index contributed by atoms with van der Waals surface area (Å²) in [5.41, 5.74) is 4.80. The zero-order valence-electron chi connectivity index (χ0n) is 30.5. The van der Waals surface area contributed by atoms with E-state index in [0.717, 1.165) is 5.39 Å². The number of rotatable bonds is 12. The molecule has 0 spiro atoms. The maximum Gasteiger partial charge on any atom is 0.262 e. The Morgan fingerprint density at radius 1 is 0.839 bits per heavy atom. The van der Waals surface area contributed by atoms with Gasteiger partial charge in [-0.2, -0.15) is 0 Å². The number of phenolic OH excluding ortho intramolecular Hbond substituents is 1. The van der Waals surface area contributed by atoms with Crippen LogP contribution in [0.1, 0.15) is 55.2 Å². The number of carbonyl (C=O) groups excluding carboxylic acids is 4. The van der Waals surface area contributed by atoms with E-state index in [1.54, 1.807) is 78.4 Å². The van der Waals surface area contributed by atoms with Gasteiger partial charge in [-0.05, 0) is 110 Å². The molecule has 3 N–H and O–H groups in total. The number of nitrogens with zero attached hydrogens (tertiary/aromatic N) is 1. The van der Waals surface area contributed by atoms with Gasteiger partial charge in [-0.15, -0.1) is 0 Å². The fourth-order valence-corrected chi connectivity index (χ4v) is 7.09. The number of halogens is 1. The van der Waals surface area contributed by atoms with E-state index in [1.807, 2.05) is 13.0 Å². The molecule has 2 heterocycles. The highest BCUT2D eigenvalue weighted by Gasteiger charge is 2.23. The number of methoxy groups -OCH3 is 1. The molecule has 0 saturated carbocycles. The molecule has 12 heteroatoms. The molecule has 7 rings (SSSR count). The lowest BCUT2D eigenvalue weighted by Gasteiger charge is -2.17. The van der Waals surface area contributed by atoms with E-state index >= 15 is 0 Å². The van der Waals surface area contributed by atoms with Crippen molar-refractivity contribution in [3.05, 3.63) is 140 Å². The minimum Gasteiger partial charge on any atom is -0.508 e. The van der Waals surface area contributed by atoms with Gasteiger partial charge in [0.15, 0.2) is 11.7 Å². The molecule has 1 aromatic heterocycles. The number of nitrogens with one attached hydrogen (secondary N) is 2. The summed E-state index contributed by atoms with van der Waals surface area (Å²) in [4.78, 5) is 64.5. The van der Waals surface area contributed by atoms with Crippen molar-refractivity contribution in [3.8, 4) is 33.9 Å². The van der Waals surface area contributed by atoms with E-state index in [4.69, 9.17) is 20.8 Å². The first-order valence-corrected chi connectivity index (χ1v) is 18.3. The summed E-state index contributed by atoms with van der Waals surface area (Å²) in [6.07, 6.45) is 1.91. The van der Waals surface area contributed by atoms with Crippen LogP contribution >= 0.6 is 11.6 Å². The monoisotopic (exact) mass is 769 g/mol. The van der Waals surface area contributed by atoms with Crippen LogP contribution in [0.2, 0.25) is 5.02 Å². The van der Waals surface area contributed by atoms with Crippen LogP contribution in [0, 0.1) is 6.92 Å². The second-order valence-electron chi connectivity index (χ2n) is 13.3. The van der Waals surface area contributed by atoms with E-state index in [1.165, 1.54) is 24.3 Å². The van der Waals surface area contributed by atoms with Gasteiger partial charge in [0.2, 0.25) is 5.91 Å². The summed E-state index contributed by atoms with van der Waals surface area (Å²) in [5, 5.41) is 17.8. The Balaban J connectivity index is 1.00. The van der Waals surface area contributed by atoms with Gasteiger partial charge >= 0.3 is 0 Å². The number of hydrogen-bond acceptors (Lipinski definition) is 8. The standard InChI is InChI=1S/C44H36ClN3O8/c1-25-35(37-22-32(55-2)13-16-38(37)48(25)44(54)26-7-9-29(45)10-8-26)23-41(52)46-17-3-4-18-47-43(53)27-5-6-28(24-49)36(19-27)42-33-14-11-30(50)20-39(33)56-40-21-31(51)12-15-34(40)42/h5-16,19-22,24,50H,3-4,17-18,23H2,1-2H3,(H,46,52)(H,47,53). The number of benzene rings is 5. The van der Waals surface area contributed by atoms with Gasteiger partial charge in [0.1, 0.15) is 22.8 Å². The average Bonchev–Trinajstić information content (AvgIpc) is 3.46. The number of ether oxygens (including phenoxy) is 1. The molecule has 0 saturated heterocycles. The molecule has 4 aromatic carbocycles. The maximum atomic E-state index is 13.6. The molecule has 0 fully saturated rings. The fraction of sp³-hybridized carbons (Fsp3) is 0.159. The summed E-state index contributed by atoms with van der Waals surface area (Å²) < 4.78 is 13.0. The Morgan fingerprint density at radius 2 is 1.59 bits per heavy atom. The van der Waals surface area contributed by atoms with Crippen LogP contribution in [-0.4, -0.2) is 53.9 Å². The third-order valence-electron chi connectivity index (χ3n) is 9.77. The lowest BCUT2D eigenvalue weighted by Crippen LogP contribution is -2.28. The fourth-order valence-electron chi connectivity index (χ4n) is 6.97. The van der Waals surface area contributed by atoms with Crippen molar-refractivity contribution >= 4 is 57.5 Å². The molecule has 0 atom stereocenters. The van der Waals surface area contributed by atoms with Gasteiger partial charge in [-0.25, -0.2) is 0 Å². The van der Waals surface area contributed by atoms with Crippen LogP contribution in [0.4, 0.5) is 0 Å². The normalized spacial score (nSPS) is 11.2. The lowest BCUT2D eigenvalue weighted by atomic mass is 9.90. The molecule has 2 amide bonds. The molecule has 0 unspecified atom stereocenters. The van der Waals surface area contributed by atoms with E-state index in [0.29, 0.717) is 104 Å². The highest BCUT2D eigenvalue weighted by atomic mass is 35.5. The van der Waals surface area contributed by atoms with Crippen molar-refractivity contribution in [1.29, 1.82) is 0 Å². The van der Waals surface area contributed by atoms with E-state index in [-0.39, 0.29) is 41.1 Å². The van der Waals surface area contributed by atoms with Crippen molar-refractivity contribution < 1.29 is 33.4 Å². The minimum atomic E-state index is -0.350. The molecular weight excluding hydrogens is 734 g/mol. The number of unbranched alkanes of at least 4 members (excludes halogenated alkanes) is 1. The third kappa shape index (κ3) is 7.49. The Kier molecular flexibility index (Phi) is 10.7. The topological polar surface area (TPSA) is 157 Å². The number of aldehydes is 1. The summed E-state index contributed by atoms with van der Waals surface area (Å²) in [6.45, 7) is 2.52. The van der Waals surface area contributed by atoms with Crippen molar-refractivity contribution in [2.24, 2.45) is 0 Å². The number of aromatic hydroxyl groups is 1. The smallest absolute Gasteiger partial charge is 0.262 e. The van der Waals surface area contributed by atoms with Gasteiger partial charge < -0.3 is 24.9 Å². The third-order valence-corrected chi connectivity index (χ3v) is 10.0. The first kappa shape index (κ1) is 37.6. The van der Waals surface area contributed by atoms with Gasteiger partial charge in [0.05, 0.1) is 19.0 Å². The Hall–Kier alpha value is -6.72. The van der Waals surface area contributed by atoms with Crippen LogP contribution in [0.25, 0.3) is 44.3 Å².